The van der Waals surface area contributed by atoms with E-state index in [1.807, 2.05) is 48.5 Å². The van der Waals surface area contributed by atoms with E-state index in [2.05, 4.69) is 6.92 Å². The van der Waals surface area contributed by atoms with E-state index in [1.165, 1.54) is 11.5 Å². The molecule has 3 nitrogen and oxygen atoms in total. The Balaban J connectivity index is 1.98. The smallest absolute Gasteiger partial charge is 0.273 e. The van der Waals surface area contributed by atoms with Gasteiger partial charge >= 0.3 is 0 Å². The number of fused-ring (bicyclic) bond motifs is 1. The Morgan fingerprint density at radius 3 is 2.55 bits per heavy atom. The van der Waals surface area contributed by atoms with Crippen LogP contribution in [0.3, 0.4) is 0 Å². The normalized spacial score (nSPS) is 10.8. The van der Waals surface area contributed by atoms with Gasteiger partial charge in [0.2, 0.25) is 0 Å². The van der Waals surface area contributed by atoms with Crippen molar-refractivity contribution in [2.45, 2.75) is 13.3 Å². The molecule has 0 fully saturated rings. The molecule has 3 aromatic rings. The van der Waals surface area contributed by atoms with Gasteiger partial charge in [-0.15, -0.1) is 0 Å². The lowest BCUT2D eigenvalue weighted by molar-refractivity contribution is 0.317. The van der Waals surface area contributed by atoms with Gasteiger partial charge in [0.05, 0.1) is 22.4 Å². The summed E-state index contributed by atoms with van der Waals surface area (Å²) in [5.41, 5.74) is 0.910. The van der Waals surface area contributed by atoms with Crippen LogP contribution in [0.15, 0.2) is 53.3 Å². The van der Waals surface area contributed by atoms with Crippen molar-refractivity contribution in [3.05, 3.63) is 58.9 Å². The summed E-state index contributed by atoms with van der Waals surface area (Å²) in [4.78, 5) is 12.3. The molecule has 0 amide bonds. The van der Waals surface area contributed by atoms with Gasteiger partial charge in [-0.05, 0) is 42.8 Å². The Morgan fingerprint density at radius 1 is 1.10 bits per heavy atom. The first-order valence-electron chi connectivity index (χ1n) is 6.64. The SMILES string of the molecule is CCCOc1ccc(-n2sc3ccccc3c2=O)cc1. The van der Waals surface area contributed by atoms with Gasteiger partial charge in [-0.25, -0.2) is 3.96 Å². The van der Waals surface area contributed by atoms with Gasteiger partial charge in [0, 0.05) is 0 Å². The Labute approximate surface area is 121 Å². The molecule has 1 heterocycles. The van der Waals surface area contributed by atoms with E-state index in [0.717, 1.165) is 27.9 Å². The first-order valence-corrected chi connectivity index (χ1v) is 7.41. The standard InChI is InChI=1S/C16H15NO2S/c1-2-11-19-13-9-7-12(8-10-13)17-16(18)14-5-3-4-6-15(14)20-17/h3-10H,2,11H2,1H3. The zero-order valence-corrected chi connectivity index (χ0v) is 12.0. The third-order valence-corrected chi connectivity index (χ3v) is 4.15. The quantitative estimate of drug-likeness (QED) is 0.729. The monoisotopic (exact) mass is 285 g/mol. The lowest BCUT2D eigenvalue weighted by Crippen LogP contribution is -2.10. The van der Waals surface area contributed by atoms with E-state index in [0.29, 0.717) is 6.61 Å². The number of nitrogens with zero attached hydrogens (tertiary/aromatic N) is 1. The molecule has 0 aliphatic carbocycles. The topological polar surface area (TPSA) is 31.2 Å². The highest BCUT2D eigenvalue weighted by Gasteiger charge is 2.08. The van der Waals surface area contributed by atoms with Crippen LogP contribution >= 0.6 is 11.5 Å². The fraction of sp³-hybridized carbons (Fsp3) is 0.188. The lowest BCUT2D eigenvalue weighted by Gasteiger charge is -2.05. The zero-order valence-electron chi connectivity index (χ0n) is 11.2. The Bertz CT molecular complexity index is 771. The van der Waals surface area contributed by atoms with Gasteiger partial charge in [-0.1, -0.05) is 30.6 Å². The second kappa shape index (κ2) is 5.51. The minimum Gasteiger partial charge on any atom is -0.494 e. The molecular formula is C16H15NO2S. The molecule has 1 aromatic heterocycles. The molecule has 3 rings (SSSR count). The maximum absolute atomic E-state index is 12.3. The maximum Gasteiger partial charge on any atom is 0.273 e. The molecule has 0 saturated carbocycles. The first kappa shape index (κ1) is 12.9. The number of aromatic nitrogens is 1. The van der Waals surface area contributed by atoms with Crippen molar-refractivity contribution in [1.82, 2.24) is 3.96 Å². The van der Waals surface area contributed by atoms with Crippen LogP contribution in [-0.2, 0) is 0 Å². The van der Waals surface area contributed by atoms with E-state index in [9.17, 15) is 4.79 Å². The number of hydrogen-bond donors (Lipinski definition) is 0. The first-order chi connectivity index (χ1) is 9.79. The average molecular weight is 285 g/mol. The molecule has 0 saturated heterocycles. The van der Waals surface area contributed by atoms with Gasteiger partial charge < -0.3 is 4.74 Å². The van der Waals surface area contributed by atoms with Crippen molar-refractivity contribution in [2.75, 3.05) is 6.61 Å². The summed E-state index contributed by atoms with van der Waals surface area (Å²) < 4.78 is 8.27. The highest BCUT2D eigenvalue weighted by atomic mass is 32.1. The summed E-state index contributed by atoms with van der Waals surface area (Å²) in [5, 5.41) is 0.767. The molecule has 102 valence electrons. The van der Waals surface area contributed by atoms with Crippen LogP contribution in [-0.4, -0.2) is 10.6 Å². The predicted molar refractivity (Wildman–Crippen MR) is 83.2 cm³/mol. The van der Waals surface area contributed by atoms with E-state index in [1.54, 1.807) is 3.96 Å². The largest absolute Gasteiger partial charge is 0.494 e. The van der Waals surface area contributed by atoms with Crippen molar-refractivity contribution in [3.63, 3.8) is 0 Å². The molecule has 0 unspecified atom stereocenters. The molecule has 4 heteroatoms. The van der Waals surface area contributed by atoms with Crippen LogP contribution in [0.5, 0.6) is 5.75 Å². The fourth-order valence-corrected chi connectivity index (χ4v) is 3.04. The molecule has 2 aromatic carbocycles. The van der Waals surface area contributed by atoms with E-state index in [-0.39, 0.29) is 5.56 Å². The van der Waals surface area contributed by atoms with Crippen LogP contribution in [0.2, 0.25) is 0 Å². The van der Waals surface area contributed by atoms with Gasteiger partial charge in [0.15, 0.2) is 0 Å². The van der Waals surface area contributed by atoms with E-state index in [4.69, 9.17) is 4.74 Å². The molecular weight excluding hydrogens is 270 g/mol. The van der Waals surface area contributed by atoms with Crippen molar-refractivity contribution in [1.29, 1.82) is 0 Å². The van der Waals surface area contributed by atoms with Crippen LogP contribution < -0.4 is 10.3 Å². The second-order valence-corrected chi connectivity index (χ2v) is 5.52. The number of ether oxygens (including phenoxy) is 1. The lowest BCUT2D eigenvalue weighted by atomic mass is 10.3. The number of hydrogen-bond acceptors (Lipinski definition) is 3. The highest BCUT2D eigenvalue weighted by molar-refractivity contribution is 7.14. The maximum atomic E-state index is 12.3. The van der Waals surface area contributed by atoms with Gasteiger partial charge in [-0.3, -0.25) is 4.79 Å². The molecule has 0 bridgehead atoms. The zero-order chi connectivity index (χ0) is 13.9. The van der Waals surface area contributed by atoms with Gasteiger partial charge in [-0.2, -0.15) is 0 Å². The van der Waals surface area contributed by atoms with Crippen LogP contribution in [0.4, 0.5) is 0 Å². The third kappa shape index (κ3) is 2.34. The predicted octanol–water partition coefficient (Wildman–Crippen LogP) is 3.84. The van der Waals surface area contributed by atoms with Crippen molar-refractivity contribution < 1.29 is 4.74 Å². The van der Waals surface area contributed by atoms with Crippen molar-refractivity contribution in [3.8, 4) is 11.4 Å². The van der Waals surface area contributed by atoms with Gasteiger partial charge in [0.1, 0.15) is 5.75 Å². The van der Waals surface area contributed by atoms with Crippen LogP contribution in [0.25, 0.3) is 15.8 Å². The minimum absolute atomic E-state index is 0.0350. The molecule has 0 atom stereocenters. The van der Waals surface area contributed by atoms with Crippen molar-refractivity contribution >= 4 is 21.6 Å². The molecule has 0 aliphatic rings. The fourth-order valence-electron chi connectivity index (χ4n) is 2.04. The summed E-state index contributed by atoms with van der Waals surface area (Å²) in [6.07, 6.45) is 0.984. The molecule has 0 N–H and O–H groups in total. The number of rotatable bonds is 4. The summed E-state index contributed by atoms with van der Waals surface area (Å²) in [7, 11) is 0. The third-order valence-electron chi connectivity index (χ3n) is 3.04. The molecule has 20 heavy (non-hydrogen) atoms. The minimum atomic E-state index is 0.0350. The highest BCUT2D eigenvalue weighted by Crippen LogP contribution is 2.21. The summed E-state index contributed by atoms with van der Waals surface area (Å²) in [6.45, 7) is 2.79. The van der Waals surface area contributed by atoms with Gasteiger partial charge in [0.25, 0.3) is 5.56 Å². The molecule has 0 spiro atoms. The Kier molecular flexibility index (Phi) is 3.56. The summed E-state index contributed by atoms with van der Waals surface area (Å²) in [5.74, 6) is 0.838. The second-order valence-electron chi connectivity index (χ2n) is 4.53. The van der Waals surface area contributed by atoms with E-state index >= 15 is 0 Å². The van der Waals surface area contributed by atoms with Crippen molar-refractivity contribution in [2.24, 2.45) is 0 Å². The van der Waals surface area contributed by atoms with E-state index < -0.39 is 0 Å². The number of benzene rings is 2. The summed E-state index contributed by atoms with van der Waals surface area (Å²) in [6, 6.07) is 15.3. The summed E-state index contributed by atoms with van der Waals surface area (Å²) >= 11 is 1.46. The average Bonchev–Trinajstić information content (AvgIpc) is 2.83. The molecule has 0 radical (unpaired) electrons. The Hall–Kier alpha value is -2.07. The van der Waals surface area contributed by atoms with Crippen LogP contribution in [0.1, 0.15) is 13.3 Å². The van der Waals surface area contributed by atoms with Crippen LogP contribution in [0, 0.1) is 0 Å². The molecule has 0 aliphatic heterocycles. The Morgan fingerprint density at radius 2 is 1.85 bits per heavy atom.